The van der Waals surface area contributed by atoms with Crippen LogP contribution in [0.2, 0.25) is 0 Å². The van der Waals surface area contributed by atoms with Crippen molar-refractivity contribution in [1.82, 2.24) is 0 Å². The molecule has 0 spiro atoms. The SMILES string of the molecule is CC/C=C\C/C=C\C/C=C\CCCCCC(=O)OCC(COC(=O)CCCCCCCCCCCCCCCCCCC/C=C\C/C=C\CCCCCCC)OC(=O)CCCCCCC/C=C\C/C=C\CCCCC. The van der Waals surface area contributed by atoms with Crippen LogP contribution in [-0.2, 0) is 28.6 Å². The highest BCUT2D eigenvalue weighted by atomic mass is 16.6. The smallest absolute Gasteiger partial charge is 0.306 e. The number of esters is 3. The number of unbranched alkanes of at least 4 members (excludes halogenated alkanes) is 33. The minimum atomic E-state index is -0.796. The third-order valence-corrected chi connectivity index (χ3v) is 13.9. The van der Waals surface area contributed by atoms with Gasteiger partial charge in [-0.2, -0.15) is 0 Å². The van der Waals surface area contributed by atoms with Gasteiger partial charge in [-0.1, -0.05) is 266 Å². The summed E-state index contributed by atoms with van der Waals surface area (Å²) in [4.78, 5) is 38.2. The molecule has 0 amide bonds. The molecular weight excluding hydrogens is 925 g/mol. The van der Waals surface area contributed by atoms with E-state index in [0.29, 0.717) is 19.3 Å². The Morgan fingerprint density at radius 3 is 0.853 bits per heavy atom. The average Bonchev–Trinajstić information content (AvgIpc) is 3.41. The van der Waals surface area contributed by atoms with Crippen LogP contribution in [0.3, 0.4) is 0 Å². The van der Waals surface area contributed by atoms with Gasteiger partial charge in [-0.3, -0.25) is 14.4 Å². The number of carbonyl (C=O) groups excluding carboxylic acids is 3. The molecule has 0 aliphatic carbocycles. The molecule has 0 heterocycles. The first-order valence-electron chi connectivity index (χ1n) is 32.1. The van der Waals surface area contributed by atoms with Gasteiger partial charge in [0, 0.05) is 19.3 Å². The maximum atomic E-state index is 12.9. The number of allylic oxidation sites excluding steroid dienone is 14. The first-order valence-corrected chi connectivity index (χ1v) is 32.1. The van der Waals surface area contributed by atoms with Crippen LogP contribution in [0.1, 0.15) is 316 Å². The number of hydrogen-bond donors (Lipinski definition) is 0. The quantitative estimate of drug-likeness (QED) is 0.0261. The Hall–Kier alpha value is -3.41. The van der Waals surface area contributed by atoms with Crippen molar-refractivity contribution >= 4 is 17.9 Å². The van der Waals surface area contributed by atoms with Crippen molar-refractivity contribution in [3.63, 3.8) is 0 Å². The van der Waals surface area contributed by atoms with Crippen LogP contribution in [0.4, 0.5) is 0 Å². The van der Waals surface area contributed by atoms with Gasteiger partial charge in [-0.05, 0) is 116 Å². The zero-order valence-electron chi connectivity index (χ0n) is 49.6. The average molecular weight is 1050 g/mol. The lowest BCUT2D eigenvalue weighted by molar-refractivity contribution is -0.167. The van der Waals surface area contributed by atoms with Crippen molar-refractivity contribution in [3.05, 3.63) is 85.1 Å². The van der Waals surface area contributed by atoms with E-state index in [9.17, 15) is 14.4 Å². The largest absolute Gasteiger partial charge is 0.462 e. The predicted octanol–water partition coefficient (Wildman–Crippen LogP) is 21.9. The zero-order chi connectivity index (χ0) is 54.3. The fourth-order valence-electron chi connectivity index (χ4n) is 9.05. The lowest BCUT2D eigenvalue weighted by atomic mass is 10.0. The second-order valence-corrected chi connectivity index (χ2v) is 21.3. The summed E-state index contributed by atoms with van der Waals surface area (Å²) >= 11 is 0. The van der Waals surface area contributed by atoms with E-state index in [4.69, 9.17) is 14.2 Å². The van der Waals surface area contributed by atoms with Gasteiger partial charge >= 0.3 is 17.9 Å². The van der Waals surface area contributed by atoms with E-state index in [-0.39, 0.29) is 31.1 Å². The Morgan fingerprint density at radius 1 is 0.280 bits per heavy atom. The highest BCUT2D eigenvalue weighted by molar-refractivity contribution is 5.71. The fourth-order valence-corrected chi connectivity index (χ4v) is 9.05. The van der Waals surface area contributed by atoms with Gasteiger partial charge in [0.2, 0.25) is 0 Å². The van der Waals surface area contributed by atoms with Crippen molar-refractivity contribution in [3.8, 4) is 0 Å². The number of rotatable bonds is 58. The van der Waals surface area contributed by atoms with Crippen molar-refractivity contribution < 1.29 is 28.6 Å². The maximum Gasteiger partial charge on any atom is 0.306 e. The second-order valence-electron chi connectivity index (χ2n) is 21.3. The summed E-state index contributed by atoms with van der Waals surface area (Å²) in [6.07, 6.45) is 83.2. The highest BCUT2D eigenvalue weighted by Crippen LogP contribution is 2.16. The van der Waals surface area contributed by atoms with Gasteiger partial charge in [-0.15, -0.1) is 0 Å². The molecule has 0 bridgehead atoms. The maximum absolute atomic E-state index is 12.9. The first-order chi connectivity index (χ1) is 37.0. The van der Waals surface area contributed by atoms with E-state index in [0.717, 1.165) is 116 Å². The van der Waals surface area contributed by atoms with Gasteiger partial charge < -0.3 is 14.2 Å². The molecule has 1 unspecified atom stereocenters. The normalized spacial score (nSPS) is 12.6. The molecule has 0 radical (unpaired) electrons. The molecule has 75 heavy (non-hydrogen) atoms. The molecule has 432 valence electrons. The van der Waals surface area contributed by atoms with Crippen LogP contribution in [0, 0.1) is 0 Å². The van der Waals surface area contributed by atoms with Crippen LogP contribution < -0.4 is 0 Å². The van der Waals surface area contributed by atoms with E-state index in [1.54, 1.807) is 0 Å². The summed E-state index contributed by atoms with van der Waals surface area (Å²) in [6.45, 7) is 6.48. The third-order valence-electron chi connectivity index (χ3n) is 13.9. The van der Waals surface area contributed by atoms with Gasteiger partial charge in [0.05, 0.1) is 0 Å². The Kier molecular flexibility index (Phi) is 60.3. The molecule has 0 saturated heterocycles. The number of hydrogen-bond acceptors (Lipinski definition) is 6. The van der Waals surface area contributed by atoms with Crippen molar-refractivity contribution in [2.75, 3.05) is 13.2 Å². The van der Waals surface area contributed by atoms with E-state index >= 15 is 0 Å². The van der Waals surface area contributed by atoms with E-state index in [2.05, 4.69) is 106 Å². The summed E-state index contributed by atoms with van der Waals surface area (Å²) in [5.74, 6) is -0.925. The topological polar surface area (TPSA) is 78.9 Å². The predicted molar refractivity (Wildman–Crippen MR) is 325 cm³/mol. The molecule has 6 nitrogen and oxygen atoms in total. The van der Waals surface area contributed by atoms with Gasteiger partial charge in [0.15, 0.2) is 6.10 Å². The van der Waals surface area contributed by atoms with Crippen LogP contribution >= 0.6 is 0 Å². The Labute approximate surface area is 465 Å². The van der Waals surface area contributed by atoms with Crippen molar-refractivity contribution in [2.45, 2.75) is 322 Å². The van der Waals surface area contributed by atoms with E-state index in [1.807, 2.05) is 0 Å². The summed E-state index contributed by atoms with van der Waals surface area (Å²) in [6, 6.07) is 0. The molecular formula is C69H120O6. The Morgan fingerprint density at radius 2 is 0.520 bits per heavy atom. The number of carbonyl (C=O) groups is 3. The van der Waals surface area contributed by atoms with Gasteiger partial charge in [0.25, 0.3) is 0 Å². The molecule has 0 aliphatic rings. The van der Waals surface area contributed by atoms with Crippen LogP contribution in [0.25, 0.3) is 0 Å². The summed E-state index contributed by atoms with van der Waals surface area (Å²) in [5, 5.41) is 0. The Bertz CT molecular complexity index is 1430. The molecule has 0 aromatic heterocycles. The van der Waals surface area contributed by atoms with Gasteiger partial charge in [0.1, 0.15) is 13.2 Å². The second kappa shape index (κ2) is 63.1. The van der Waals surface area contributed by atoms with Crippen LogP contribution in [0.5, 0.6) is 0 Å². The molecule has 0 rings (SSSR count). The zero-order valence-corrected chi connectivity index (χ0v) is 49.6. The van der Waals surface area contributed by atoms with Gasteiger partial charge in [-0.25, -0.2) is 0 Å². The minimum Gasteiger partial charge on any atom is -0.462 e. The Balaban J connectivity index is 4.22. The lowest BCUT2D eigenvalue weighted by Crippen LogP contribution is -2.30. The van der Waals surface area contributed by atoms with Crippen molar-refractivity contribution in [1.29, 1.82) is 0 Å². The highest BCUT2D eigenvalue weighted by Gasteiger charge is 2.19. The van der Waals surface area contributed by atoms with Crippen LogP contribution in [-0.4, -0.2) is 37.2 Å². The van der Waals surface area contributed by atoms with E-state index < -0.39 is 6.10 Å². The molecule has 0 aliphatic heterocycles. The molecule has 0 aromatic rings. The summed E-state index contributed by atoms with van der Waals surface area (Å²) in [7, 11) is 0. The molecule has 0 aromatic carbocycles. The van der Waals surface area contributed by atoms with E-state index in [1.165, 1.54) is 161 Å². The molecule has 1 atom stereocenters. The lowest BCUT2D eigenvalue weighted by Gasteiger charge is -2.18. The summed E-state index contributed by atoms with van der Waals surface area (Å²) < 4.78 is 16.9. The number of ether oxygens (including phenoxy) is 3. The van der Waals surface area contributed by atoms with Crippen LogP contribution in [0.15, 0.2) is 85.1 Å². The molecule has 0 saturated carbocycles. The molecule has 6 heteroatoms. The third kappa shape index (κ3) is 61.3. The first kappa shape index (κ1) is 71.6. The fraction of sp³-hybridized carbons (Fsp3) is 0.754. The standard InChI is InChI=1S/C69H120O6/c1-4-7-10-13-16-19-22-25-27-28-29-30-31-32-33-34-35-36-37-38-39-40-42-44-47-50-53-56-59-62-68(71)74-65-66(64-73-67(70)61-58-55-52-49-46-43-24-21-18-15-12-9-6-3)75-69(72)63-60-57-54-51-48-45-41-26-23-20-17-14-11-8-5-2/h9,12,17-18,20-22,25-26,28-29,41,43,46,66H,4-8,10-11,13-16,19,23-24,27,30-40,42,44-45,47-65H2,1-3H3/b12-9-,20-17-,21-18-,25-22-,29-28-,41-26-,46-43-. The minimum absolute atomic E-state index is 0.0900. The van der Waals surface area contributed by atoms with Crippen molar-refractivity contribution in [2.24, 2.45) is 0 Å². The monoisotopic (exact) mass is 1040 g/mol. The molecule has 0 fully saturated rings. The summed E-state index contributed by atoms with van der Waals surface area (Å²) in [5.41, 5.74) is 0. The molecule has 0 N–H and O–H groups in total.